The molecule has 1 aliphatic heterocycles. The molecule has 1 unspecified atom stereocenters. The van der Waals surface area contributed by atoms with E-state index in [1.54, 1.807) is 0 Å². The summed E-state index contributed by atoms with van der Waals surface area (Å²) in [6.07, 6.45) is 5.38. The molecule has 3 nitrogen and oxygen atoms in total. The Bertz CT molecular complexity index is 269. The number of nitrogens with one attached hydrogen (secondary N) is 1. The normalized spacial score (nSPS) is 28.5. The first-order valence-corrected chi connectivity index (χ1v) is 7.13. The summed E-state index contributed by atoms with van der Waals surface area (Å²) < 4.78 is 0. The molecule has 0 saturated heterocycles. The van der Waals surface area contributed by atoms with Gasteiger partial charge in [0, 0.05) is 17.3 Å². The Morgan fingerprint density at radius 2 is 2.12 bits per heavy atom. The van der Waals surface area contributed by atoms with Crippen LogP contribution in [0.25, 0.3) is 0 Å². The molecule has 0 aromatic heterocycles. The van der Waals surface area contributed by atoms with Gasteiger partial charge in [0.15, 0.2) is 5.17 Å². The molecule has 0 aromatic carbocycles. The van der Waals surface area contributed by atoms with E-state index in [2.05, 4.69) is 36.2 Å². The van der Waals surface area contributed by atoms with Crippen molar-refractivity contribution < 1.29 is 0 Å². The Kier molecular flexibility index (Phi) is 3.80. The third-order valence-corrected chi connectivity index (χ3v) is 4.90. The maximum atomic E-state index is 4.52. The van der Waals surface area contributed by atoms with Crippen molar-refractivity contribution in [2.45, 2.75) is 43.4 Å². The summed E-state index contributed by atoms with van der Waals surface area (Å²) in [7, 11) is 4.42. The second-order valence-corrected chi connectivity index (χ2v) is 6.68. The summed E-state index contributed by atoms with van der Waals surface area (Å²) in [5.74, 6) is 0. The lowest BCUT2D eigenvalue weighted by molar-refractivity contribution is 0.161. The van der Waals surface area contributed by atoms with Crippen molar-refractivity contribution >= 4 is 16.9 Å². The Morgan fingerprint density at radius 1 is 1.44 bits per heavy atom. The van der Waals surface area contributed by atoms with Crippen LogP contribution in [0, 0.1) is 0 Å². The van der Waals surface area contributed by atoms with E-state index in [-0.39, 0.29) is 0 Å². The largest absolute Gasteiger partial charge is 0.363 e. The topological polar surface area (TPSA) is 27.6 Å². The van der Waals surface area contributed by atoms with Crippen molar-refractivity contribution in [2.75, 3.05) is 27.2 Å². The molecule has 1 aliphatic carbocycles. The fourth-order valence-corrected chi connectivity index (χ4v) is 3.46. The van der Waals surface area contributed by atoms with Gasteiger partial charge in [0.25, 0.3) is 0 Å². The van der Waals surface area contributed by atoms with Gasteiger partial charge in [0.2, 0.25) is 0 Å². The molecule has 1 N–H and O–H groups in total. The first-order valence-electron chi connectivity index (χ1n) is 6.25. The lowest BCUT2D eigenvalue weighted by Gasteiger charge is -2.36. The lowest BCUT2D eigenvalue weighted by atomic mass is 9.96. The average molecular weight is 241 g/mol. The van der Waals surface area contributed by atoms with Crippen LogP contribution in [0.2, 0.25) is 0 Å². The summed E-state index contributed by atoms with van der Waals surface area (Å²) in [5, 5.41) is 5.35. The van der Waals surface area contributed by atoms with E-state index in [4.69, 9.17) is 0 Å². The third-order valence-electron chi connectivity index (χ3n) is 3.86. The summed E-state index contributed by atoms with van der Waals surface area (Å²) in [6, 6.07) is 0. The molecule has 0 aromatic rings. The molecule has 2 aliphatic rings. The highest BCUT2D eigenvalue weighted by Gasteiger charge is 2.36. The SMILES string of the molecule is CC1CN=C(NCC2(N(C)C)CCCC2)S1. The van der Waals surface area contributed by atoms with Gasteiger partial charge in [0.1, 0.15) is 0 Å². The molecule has 4 heteroatoms. The molecular formula is C12H23N3S. The van der Waals surface area contributed by atoms with Crippen LogP contribution in [-0.4, -0.2) is 48.0 Å². The van der Waals surface area contributed by atoms with Gasteiger partial charge in [-0.3, -0.25) is 4.99 Å². The van der Waals surface area contributed by atoms with Gasteiger partial charge in [-0.05, 0) is 26.9 Å². The molecular weight excluding hydrogens is 218 g/mol. The van der Waals surface area contributed by atoms with Gasteiger partial charge < -0.3 is 10.2 Å². The maximum Gasteiger partial charge on any atom is 0.156 e. The average Bonchev–Trinajstić information content (AvgIpc) is 2.84. The summed E-state index contributed by atoms with van der Waals surface area (Å²) in [5.41, 5.74) is 0.370. The highest BCUT2D eigenvalue weighted by molar-refractivity contribution is 8.14. The molecule has 92 valence electrons. The number of hydrogen-bond acceptors (Lipinski definition) is 4. The van der Waals surface area contributed by atoms with E-state index in [0.717, 1.165) is 18.3 Å². The van der Waals surface area contributed by atoms with Crippen molar-refractivity contribution in [1.29, 1.82) is 0 Å². The number of hydrogen-bond donors (Lipinski definition) is 1. The van der Waals surface area contributed by atoms with Gasteiger partial charge in [-0.25, -0.2) is 0 Å². The van der Waals surface area contributed by atoms with Crippen LogP contribution in [0.3, 0.4) is 0 Å². The molecule has 1 saturated carbocycles. The van der Waals surface area contributed by atoms with Crippen LogP contribution < -0.4 is 5.32 Å². The van der Waals surface area contributed by atoms with E-state index in [1.165, 1.54) is 25.7 Å². The maximum absolute atomic E-state index is 4.52. The minimum absolute atomic E-state index is 0.370. The monoisotopic (exact) mass is 241 g/mol. The summed E-state index contributed by atoms with van der Waals surface area (Å²) in [4.78, 5) is 6.92. The van der Waals surface area contributed by atoms with Crippen LogP contribution in [0.15, 0.2) is 4.99 Å². The summed E-state index contributed by atoms with van der Waals surface area (Å²) >= 11 is 1.88. The highest BCUT2D eigenvalue weighted by atomic mass is 32.2. The molecule has 0 amide bonds. The van der Waals surface area contributed by atoms with Gasteiger partial charge in [-0.1, -0.05) is 31.5 Å². The van der Waals surface area contributed by atoms with Crippen molar-refractivity contribution in [2.24, 2.45) is 4.99 Å². The van der Waals surface area contributed by atoms with Crippen LogP contribution in [0.4, 0.5) is 0 Å². The van der Waals surface area contributed by atoms with Crippen molar-refractivity contribution in [3.8, 4) is 0 Å². The van der Waals surface area contributed by atoms with Gasteiger partial charge >= 0.3 is 0 Å². The molecule has 1 atom stereocenters. The van der Waals surface area contributed by atoms with Crippen LogP contribution in [-0.2, 0) is 0 Å². The number of nitrogens with zero attached hydrogens (tertiary/aromatic N) is 2. The zero-order chi connectivity index (χ0) is 11.6. The number of amidine groups is 1. The van der Waals surface area contributed by atoms with E-state index < -0.39 is 0 Å². The third kappa shape index (κ3) is 2.54. The Morgan fingerprint density at radius 3 is 2.62 bits per heavy atom. The lowest BCUT2D eigenvalue weighted by Crippen LogP contribution is -2.50. The summed E-state index contributed by atoms with van der Waals surface area (Å²) in [6.45, 7) is 4.26. The highest BCUT2D eigenvalue weighted by Crippen LogP contribution is 2.33. The minimum Gasteiger partial charge on any atom is -0.363 e. The first kappa shape index (κ1) is 12.2. The van der Waals surface area contributed by atoms with Gasteiger partial charge in [-0.2, -0.15) is 0 Å². The van der Waals surface area contributed by atoms with Crippen molar-refractivity contribution in [3.05, 3.63) is 0 Å². The Balaban J connectivity index is 1.87. The second kappa shape index (κ2) is 4.96. The van der Waals surface area contributed by atoms with Crippen molar-refractivity contribution in [3.63, 3.8) is 0 Å². The molecule has 2 rings (SSSR count). The number of thioether (sulfide) groups is 1. The predicted octanol–water partition coefficient (Wildman–Crippen LogP) is 1.94. The first-order chi connectivity index (χ1) is 7.62. The molecule has 16 heavy (non-hydrogen) atoms. The molecule has 0 spiro atoms. The van der Waals surface area contributed by atoms with Crippen molar-refractivity contribution in [1.82, 2.24) is 10.2 Å². The number of rotatable bonds is 3. The molecule has 1 heterocycles. The second-order valence-electron chi connectivity index (χ2n) is 5.25. The number of likely N-dealkylation sites (N-methyl/N-ethyl adjacent to an activating group) is 1. The fraction of sp³-hybridized carbons (Fsp3) is 0.917. The predicted molar refractivity (Wildman–Crippen MR) is 72.2 cm³/mol. The van der Waals surface area contributed by atoms with Gasteiger partial charge in [-0.15, -0.1) is 0 Å². The zero-order valence-corrected chi connectivity index (χ0v) is 11.4. The van der Waals surface area contributed by atoms with Crippen LogP contribution in [0.5, 0.6) is 0 Å². The standard InChI is InChI=1S/C12H23N3S/c1-10-8-13-11(16-10)14-9-12(15(2)3)6-4-5-7-12/h10H,4-9H2,1-3H3,(H,13,14). The minimum atomic E-state index is 0.370. The van der Waals surface area contributed by atoms with E-state index in [9.17, 15) is 0 Å². The quantitative estimate of drug-likeness (QED) is 0.818. The van der Waals surface area contributed by atoms with E-state index in [1.807, 2.05) is 11.8 Å². The number of aliphatic imine (C=N–C) groups is 1. The van der Waals surface area contributed by atoms with E-state index >= 15 is 0 Å². The smallest absolute Gasteiger partial charge is 0.156 e. The Hall–Kier alpha value is -0.220. The fourth-order valence-electron chi connectivity index (χ4n) is 2.63. The molecule has 0 bridgehead atoms. The Labute approximate surface area is 103 Å². The van der Waals surface area contributed by atoms with Crippen LogP contribution >= 0.6 is 11.8 Å². The van der Waals surface area contributed by atoms with Crippen LogP contribution in [0.1, 0.15) is 32.6 Å². The molecule has 0 radical (unpaired) electrons. The molecule has 1 fully saturated rings. The zero-order valence-electron chi connectivity index (χ0n) is 10.6. The van der Waals surface area contributed by atoms with Gasteiger partial charge in [0.05, 0.1) is 6.54 Å². The van der Waals surface area contributed by atoms with E-state index in [0.29, 0.717) is 10.8 Å².